The molecule has 0 heterocycles. The number of hydrogen-bond acceptors (Lipinski definition) is 4. The molecule has 114 valence electrons. The number of ether oxygens (including phenoxy) is 2. The van der Waals surface area contributed by atoms with Gasteiger partial charge in [-0.15, -0.1) is 0 Å². The minimum absolute atomic E-state index is 0.254. The Labute approximate surface area is 113 Å². The van der Waals surface area contributed by atoms with Gasteiger partial charge in [-0.1, -0.05) is 0 Å². The number of carbonyl (C=O) groups excluding carboxylic acids is 1. The number of alkyl carbamates (subject to hydrolysis) is 1. The summed E-state index contributed by atoms with van der Waals surface area (Å²) in [5, 5.41) is 5.64. The number of rotatable bonds is 9. The second-order valence-electron chi connectivity index (χ2n) is 5.00. The summed E-state index contributed by atoms with van der Waals surface area (Å²) in [6, 6.07) is 0. The normalized spacial score (nSPS) is 11.7. The van der Waals surface area contributed by atoms with E-state index < -0.39 is 24.7 Å². The minimum atomic E-state index is -2.42. The van der Waals surface area contributed by atoms with Gasteiger partial charge in [0.25, 0.3) is 6.43 Å². The third-order valence-corrected chi connectivity index (χ3v) is 1.87. The molecule has 5 nitrogen and oxygen atoms in total. The van der Waals surface area contributed by atoms with Crippen LogP contribution in [0.25, 0.3) is 0 Å². The molecule has 2 N–H and O–H groups in total. The zero-order chi connectivity index (χ0) is 14.7. The molecule has 0 radical (unpaired) electrons. The van der Waals surface area contributed by atoms with Crippen LogP contribution in [0.4, 0.5) is 13.6 Å². The molecule has 0 saturated heterocycles. The summed E-state index contributed by atoms with van der Waals surface area (Å²) in [7, 11) is 0. The van der Waals surface area contributed by atoms with E-state index in [1.165, 1.54) is 0 Å². The van der Waals surface area contributed by atoms with Crippen molar-refractivity contribution in [2.75, 3.05) is 32.8 Å². The van der Waals surface area contributed by atoms with Crippen LogP contribution in [0.1, 0.15) is 27.2 Å². The van der Waals surface area contributed by atoms with Gasteiger partial charge in [-0.05, 0) is 33.7 Å². The Morgan fingerprint density at radius 3 is 2.47 bits per heavy atom. The molecule has 0 aliphatic carbocycles. The van der Waals surface area contributed by atoms with E-state index in [0.717, 1.165) is 6.42 Å². The summed E-state index contributed by atoms with van der Waals surface area (Å²) in [4.78, 5) is 11.3. The number of halogens is 2. The standard InChI is InChI=1S/C12H24F2N2O3/c1-12(2,3)19-11(17)16-6-4-5-15-7-8-18-9-10(13)14/h10,15H,4-9H2,1-3H3,(H,16,17). The molecule has 0 aliphatic rings. The number of amides is 1. The molecule has 0 aromatic heterocycles. The molecule has 0 aromatic rings. The molecule has 0 aliphatic heterocycles. The van der Waals surface area contributed by atoms with E-state index in [2.05, 4.69) is 10.6 Å². The predicted molar refractivity (Wildman–Crippen MR) is 68.5 cm³/mol. The van der Waals surface area contributed by atoms with Crippen LogP contribution < -0.4 is 10.6 Å². The first-order chi connectivity index (χ1) is 8.81. The molecular weight excluding hydrogens is 258 g/mol. The molecule has 1 amide bonds. The predicted octanol–water partition coefficient (Wildman–Crippen LogP) is 1.77. The Hall–Kier alpha value is -0.950. The van der Waals surface area contributed by atoms with Crippen LogP contribution in [0.2, 0.25) is 0 Å². The maximum Gasteiger partial charge on any atom is 0.407 e. The zero-order valence-electron chi connectivity index (χ0n) is 11.8. The molecule has 7 heteroatoms. The van der Waals surface area contributed by atoms with Crippen LogP contribution in [0.5, 0.6) is 0 Å². The second kappa shape index (κ2) is 9.91. The monoisotopic (exact) mass is 282 g/mol. The molecule has 0 unspecified atom stereocenters. The maximum atomic E-state index is 11.7. The summed E-state index contributed by atoms with van der Waals surface area (Å²) in [5.41, 5.74) is -0.496. The molecule has 0 fully saturated rings. The van der Waals surface area contributed by atoms with E-state index >= 15 is 0 Å². The number of nitrogens with one attached hydrogen (secondary N) is 2. The first-order valence-electron chi connectivity index (χ1n) is 6.35. The van der Waals surface area contributed by atoms with Crippen molar-refractivity contribution in [3.63, 3.8) is 0 Å². The van der Waals surface area contributed by atoms with Crippen molar-refractivity contribution in [3.8, 4) is 0 Å². The van der Waals surface area contributed by atoms with Crippen molar-refractivity contribution in [3.05, 3.63) is 0 Å². The highest BCUT2D eigenvalue weighted by Gasteiger charge is 2.15. The van der Waals surface area contributed by atoms with Crippen molar-refractivity contribution >= 4 is 6.09 Å². The number of hydrogen-bond donors (Lipinski definition) is 2. The Morgan fingerprint density at radius 1 is 1.21 bits per heavy atom. The van der Waals surface area contributed by atoms with Crippen molar-refractivity contribution in [1.29, 1.82) is 0 Å². The molecule has 0 saturated carbocycles. The van der Waals surface area contributed by atoms with Crippen LogP contribution in [-0.4, -0.2) is 51.0 Å². The highest BCUT2D eigenvalue weighted by molar-refractivity contribution is 5.67. The zero-order valence-corrected chi connectivity index (χ0v) is 11.8. The number of alkyl halides is 2. The van der Waals surface area contributed by atoms with E-state index in [4.69, 9.17) is 9.47 Å². The second-order valence-corrected chi connectivity index (χ2v) is 5.00. The van der Waals surface area contributed by atoms with Crippen LogP contribution in [-0.2, 0) is 9.47 Å². The van der Waals surface area contributed by atoms with Gasteiger partial charge in [0, 0.05) is 13.1 Å². The quantitative estimate of drug-likeness (QED) is 0.633. The largest absolute Gasteiger partial charge is 0.444 e. The lowest BCUT2D eigenvalue weighted by atomic mass is 10.2. The van der Waals surface area contributed by atoms with Crippen LogP contribution in [0, 0.1) is 0 Å². The first-order valence-corrected chi connectivity index (χ1v) is 6.35. The molecule has 0 bridgehead atoms. The van der Waals surface area contributed by atoms with Gasteiger partial charge in [0.15, 0.2) is 0 Å². The maximum absolute atomic E-state index is 11.7. The Bertz CT molecular complexity index is 246. The van der Waals surface area contributed by atoms with Gasteiger partial charge in [-0.3, -0.25) is 0 Å². The SMILES string of the molecule is CC(C)(C)OC(=O)NCCCNCCOCC(F)F. The summed E-state index contributed by atoms with van der Waals surface area (Å²) < 4.78 is 33.2. The smallest absolute Gasteiger partial charge is 0.407 e. The lowest BCUT2D eigenvalue weighted by Gasteiger charge is -2.19. The van der Waals surface area contributed by atoms with Gasteiger partial charge in [0.2, 0.25) is 0 Å². The van der Waals surface area contributed by atoms with Crippen molar-refractivity contribution in [1.82, 2.24) is 10.6 Å². The fourth-order valence-electron chi connectivity index (χ4n) is 1.16. The van der Waals surface area contributed by atoms with Crippen molar-refractivity contribution in [2.45, 2.75) is 39.2 Å². The summed E-state index contributed by atoms with van der Waals surface area (Å²) in [5.74, 6) is 0. The van der Waals surface area contributed by atoms with Gasteiger partial charge in [0.1, 0.15) is 12.2 Å². The Balaban J connectivity index is 3.25. The Kier molecular flexibility index (Phi) is 9.42. The van der Waals surface area contributed by atoms with Gasteiger partial charge >= 0.3 is 6.09 Å². The minimum Gasteiger partial charge on any atom is -0.444 e. The third-order valence-electron chi connectivity index (χ3n) is 1.87. The van der Waals surface area contributed by atoms with E-state index in [1.807, 2.05) is 0 Å². The van der Waals surface area contributed by atoms with Gasteiger partial charge in [-0.25, -0.2) is 13.6 Å². The number of carbonyl (C=O) groups is 1. The summed E-state index contributed by atoms with van der Waals surface area (Å²) in [6.07, 6.45) is -2.13. The van der Waals surface area contributed by atoms with Crippen molar-refractivity contribution < 1.29 is 23.0 Å². The summed E-state index contributed by atoms with van der Waals surface area (Å²) >= 11 is 0. The van der Waals surface area contributed by atoms with E-state index in [0.29, 0.717) is 19.6 Å². The van der Waals surface area contributed by atoms with Gasteiger partial charge in [-0.2, -0.15) is 0 Å². The average Bonchev–Trinajstić information content (AvgIpc) is 2.24. The highest BCUT2D eigenvalue weighted by Crippen LogP contribution is 2.06. The van der Waals surface area contributed by atoms with E-state index in [9.17, 15) is 13.6 Å². The first kappa shape index (κ1) is 18.0. The molecule has 0 aromatic carbocycles. The van der Waals surface area contributed by atoms with E-state index in [1.54, 1.807) is 20.8 Å². The lowest BCUT2D eigenvalue weighted by Crippen LogP contribution is -2.34. The van der Waals surface area contributed by atoms with Crippen molar-refractivity contribution in [2.24, 2.45) is 0 Å². The molecule has 0 atom stereocenters. The molecule has 0 rings (SSSR count). The molecule has 19 heavy (non-hydrogen) atoms. The lowest BCUT2D eigenvalue weighted by molar-refractivity contribution is 0.0188. The topological polar surface area (TPSA) is 59.6 Å². The third kappa shape index (κ3) is 15.0. The Morgan fingerprint density at radius 2 is 1.89 bits per heavy atom. The van der Waals surface area contributed by atoms with Crippen LogP contribution in [0.3, 0.4) is 0 Å². The van der Waals surface area contributed by atoms with Crippen LogP contribution in [0.15, 0.2) is 0 Å². The fraction of sp³-hybridized carbons (Fsp3) is 0.917. The summed E-state index contributed by atoms with van der Waals surface area (Å²) in [6.45, 7) is 6.81. The highest BCUT2D eigenvalue weighted by atomic mass is 19.3. The average molecular weight is 282 g/mol. The van der Waals surface area contributed by atoms with Crippen LogP contribution >= 0.6 is 0 Å². The van der Waals surface area contributed by atoms with Gasteiger partial charge in [0.05, 0.1) is 6.61 Å². The molecular formula is C12H24F2N2O3. The van der Waals surface area contributed by atoms with E-state index in [-0.39, 0.29) is 6.61 Å². The molecule has 0 spiro atoms. The fourth-order valence-corrected chi connectivity index (χ4v) is 1.16. The van der Waals surface area contributed by atoms with Gasteiger partial charge < -0.3 is 20.1 Å².